The highest BCUT2D eigenvalue weighted by molar-refractivity contribution is 7.10. The lowest BCUT2D eigenvalue weighted by Gasteiger charge is -2.37. The van der Waals surface area contributed by atoms with Crippen molar-refractivity contribution in [1.29, 1.82) is 0 Å². The zero-order valence-corrected chi connectivity index (χ0v) is 21.5. The van der Waals surface area contributed by atoms with Gasteiger partial charge < -0.3 is 9.80 Å². The fourth-order valence-corrected chi connectivity index (χ4v) is 6.28. The number of rotatable bonds is 5. The number of hydrogen-bond donors (Lipinski definition) is 0. The van der Waals surface area contributed by atoms with Gasteiger partial charge in [-0.15, -0.1) is 11.3 Å². The van der Waals surface area contributed by atoms with Crippen molar-refractivity contribution >= 4 is 23.2 Å². The summed E-state index contributed by atoms with van der Waals surface area (Å²) in [7, 11) is 0. The van der Waals surface area contributed by atoms with Gasteiger partial charge in [0.2, 0.25) is 11.8 Å². The third-order valence-corrected chi connectivity index (χ3v) is 8.35. The monoisotopic (exact) mass is 505 g/mol. The van der Waals surface area contributed by atoms with Crippen molar-refractivity contribution in [3.05, 3.63) is 92.9 Å². The molecule has 3 heterocycles. The molecule has 0 unspecified atom stereocenters. The molecular weight excluding hydrogens is 473 g/mol. The fraction of sp³-hybridized carbons (Fsp3) is 0.379. The smallest absolute Gasteiger partial charge is 0.236 e. The summed E-state index contributed by atoms with van der Waals surface area (Å²) in [6, 6.07) is 16.8. The van der Waals surface area contributed by atoms with Crippen LogP contribution in [0, 0.1) is 12.7 Å². The van der Waals surface area contributed by atoms with E-state index in [1.807, 2.05) is 21.1 Å². The maximum atomic E-state index is 13.5. The number of hydrogen-bond acceptors (Lipinski definition) is 4. The normalized spacial score (nSPS) is 18.6. The second-order valence-electron chi connectivity index (χ2n) is 9.70. The van der Waals surface area contributed by atoms with Crippen LogP contribution in [0.15, 0.2) is 60.0 Å². The van der Waals surface area contributed by atoms with E-state index in [4.69, 9.17) is 0 Å². The molecule has 5 rings (SSSR count). The molecule has 0 radical (unpaired) electrons. The van der Waals surface area contributed by atoms with Gasteiger partial charge in [0.15, 0.2) is 0 Å². The number of benzene rings is 2. The molecule has 1 saturated heterocycles. The third kappa shape index (κ3) is 5.37. The van der Waals surface area contributed by atoms with Crippen molar-refractivity contribution in [3.8, 4) is 0 Å². The Morgan fingerprint density at radius 3 is 2.36 bits per heavy atom. The minimum Gasteiger partial charge on any atom is -0.341 e. The Labute approximate surface area is 216 Å². The molecule has 1 fully saturated rings. The SMILES string of the molecule is Cc1ccccc1[C@@H]1c2ccsc2CCN1CC(=O)N1CCCN(C(=O)Cc2ccc(F)cc2)CC1. The summed E-state index contributed by atoms with van der Waals surface area (Å²) in [6.45, 7) is 5.74. The molecule has 0 spiro atoms. The van der Waals surface area contributed by atoms with Crippen LogP contribution in [0.1, 0.15) is 39.6 Å². The van der Waals surface area contributed by atoms with Crippen molar-refractivity contribution in [2.45, 2.75) is 32.2 Å². The van der Waals surface area contributed by atoms with Gasteiger partial charge in [0, 0.05) is 37.6 Å². The molecule has 1 aromatic heterocycles. The van der Waals surface area contributed by atoms with E-state index >= 15 is 0 Å². The Morgan fingerprint density at radius 2 is 1.61 bits per heavy atom. The lowest BCUT2D eigenvalue weighted by atomic mass is 9.90. The van der Waals surface area contributed by atoms with Gasteiger partial charge in [-0.05, 0) is 65.6 Å². The molecule has 0 aliphatic carbocycles. The molecule has 1 atom stereocenters. The summed E-state index contributed by atoms with van der Waals surface area (Å²) in [5, 5.41) is 2.16. The highest BCUT2D eigenvalue weighted by atomic mass is 32.1. The van der Waals surface area contributed by atoms with Crippen molar-refractivity contribution < 1.29 is 14.0 Å². The number of thiophene rings is 1. The summed E-state index contributed by atoms with van der Waals surface area (Å²) in [5.74, 6) is -0.152. The van der Waals surface area contributed by atoms with E-state index in [9.17, 15) is 14.0 Å². The minimum atomic E-state index is -0.302. The number of carbonyl (C=O) groups excluding carboxylic acids is 2. The topological polar surface area (TPSA) is 43.9 Å². The third-order valence-electron chi connectivity index (χ3n) is 7.36. The second-order valence-corrected chi connectivity index (χ2v) is 10.7. The Hall–Kier alpha value is -3.03. The highest BCUT2D eigenvalue weighted by Crippen LogP contribution is 2.38. The zero-order valence-electron chi connectivity index (χ0n) is 20.7. The summed E-state index contributed by atoms with van der Waals surface area (Å²) in [6.07, 6.45) is 1.98. The predicted molar refractivity (Wildman–Crippen MR) is 140 cm³/mol. The Morgan fingerprint density at radius 1 is 0.889 bits per heavy atom. The van der Waals surface area contributed by atoms with Gasteiger partial charge in [-0.25, -0.2) is 4.39 Å². The molecule has 36 heavy (non-hydrogen) atoms. The van der Waals surface area contributed by atoms with Crippen LogP contribution in [0.3, 0.4) is 0 Å². The fourth-order valence-electron chi connectivity index (χ4n) is 5.38. The van der Waals surface area contributed by atoms with Crippen molar-refractivity contribution in [1.82, 2.24) is 14.7 Å². The van der Waals surface area contributed by atoms with Crippen molar-refractivity contribution in [3.63, 3.8) is 0 Å². The second kappa shape index (κ2) is 10.9. The first-order valence-corrected chi connectivity index (χ1v) is 13.5. The van der Waals surface area contributed by atoms with Gasteiger partial charge in [0.1, 0.15) is 5.82 Å². The molecule has 5 nitrogen and oxygen atoms in total. The average molecular weight is 506 g/mol. The number of halogens is 1. The molecule has 2 aliphatic heterocycles. The molecule has 188 valence electrons. The average Bonchev–Trinajstić information content (AvgIpc) is 3.21. The first kappa shape index (κ1) is 24.7. The highest BCUT2D eigenvalue weighted by Gasteiger charge is 2.33. The molecule has 0 N–H and O–H groups in total. The molecule has 2 aromatic carbocycles. The van der Waals surface area contributed by atoms with Gasteiger partial charge in [-0.2, -0.15) is 0 Å². The number of aryl methyl sites for hydroxylation is 1. The summed E-state index contributed by atoms with van der Waals surface area (Å²) >= 11 is 1.81. The summed E-state index contributed by atoms with van der Waals surface area (Å²) in [5.41, 5.74) is 4.63. The van der Waals surface area contributed by atoms with Gasteiger partial charge in [0.05, 0.1) is 19.0 Å². The van der Waals surface area contributed by atoms with Crippen LogP contribution in [-0.4, -0.2) is 65.8 Å². The summed E-state index contributed by atoms with van der Waals surface area (Å²) in [4.78, 5) is 33.8. The van der Waals surface area contributed by atoms with E-state index in [0.29, 0.717) is 32.7 Å². The van der Waals surface area contributed by atoms with Crippen LogP contribution in [0.2, 0.25) is 0 Å². The molecule has 3 aromatic rings. The standard InChI is InChI=1S/C29H32FN3O2S/c1-21-5-2-3-6-24(21)29-25-12-18-36-26(25)11-15-33(29)20-28(35)32-14-4-13-31(16-17-32)27(34)19-22-7-9-23(30)10-8-22/h2-3,5-10,12,18,29H,4,11,13-17,19-20H2,1H3/t29-/m1/s1. The first-order chi connectivity index (χ1) is 17.5. The zero-order chi connectivity index (χ0) is 25.1. The van der Waals surface area contributed by atoms with E-state index in [0.717, 1.165) is 24.9 Å². The van der Waals surface area contributed by atoms with E-state index < -0.39 is 0 Å². The molecule has 2 aliphatic rings. The first-order valence-electron chi connectivity index (χ1n) is 12.7. The van der Waals surface area contributed by atoms with Gasteiger partial charge in [-0.1, -0.05) is 36.4 Å². The Bertz CT molecular complexity index is 1230. The lowest BCUT2D eigenvalue weighted by Crippen LogP contribution is -2.45. The summed E-state index contributed by atoms with van der Waals surface area (Å²) < 4.78 is 13.2. The number of carbonyl (C=O) groups is 2. The molecule has 7 heteroatoms. The van der Waals surface area contributed by atoms with E-state index in [2.05, 4.69) is 47.5 Å². The predicted octanol–water partition coefficient (Wildman–Crippen LogP) is 4.45. The Kier molecular flexibility index (Phi) is 7.48. The lowest BCUT2D eigenvalue weighted by molar-refractivity contribution is -0.134. The van der Waals surface area contributed by atoms with Crippen LogP contribution < -0.4 is 0 Å². The molecular formula is C29H32FN3O2S. The van der Waals surface area contributed by atoms with Gasteiger partial charge in [0.25, 0.3) is 0 Å². The van der Waals surface area contributed by atoms with Gasteiger partial charge in [-0.3, -0.25) is 14.5 Å². The van der Waals surface area contributed by atoms with Crippen LogP contribution in [0.5, 0.6) is 0 Å². The van der Waals surface area contributed by atoms with E-state index in [1.165, 1.54) is 33.7 Å². The largest absolute Gasteiger partial charge is 0.341 e. The van der Waals surface area contributed by atoms with Crippen LogP contribution >= 0.6 is 11.3 Å². The van der Waals surface area contributed by atoms with Crippen LogP contribution in [-0.2, 0) is 22.4 Å². The Balaban J connectivity index is 1.24. The molecule has 0 bridgehead atoms. The number of amides is 2. The number of nitrogens with zero attached hydrogens (tertiary/aromatic N) is 3. The maximum absolute atomic E-state index is 13.5. The maximum Gasteiger partial charge on any atom is 0.236 e. The van der Waals surface area contributed by atoms with Crippen LogP contribution in [0.25, 0.3) is 0 Å². The number of fused-ring (bicyclic) bond motifs is 1. The van der Waals surface area contributed by atoms with Gasteiger partial charge >= 0.3 is 0 Å². The molecule has 2 amide bonds. The van der Waals surface area contributed by atoms with Crippen molar-refractivity contribution in [2.24, 2.45) is 0 Å². The van der Waals surface area contributed by atoms with Crippen LogP contribution in [0.4, 0.5) is 4.39 Å². The molecule has 0 saturated carbocycles. The quantitative estimate of drug-likeness (QED) is 0.515. The van der Waals surface area contributed by atoms with Crippen molar-refractivity contribution in [2.75, 3.05) is 39.3 Å². The minimum absolute atomic E-state index is 0.0246. The van der Waals surface area contributed by atoms with E-state index in [-0.39, 0.29) is 30.1 Å². The van der Waals surface area contributed by atoms with E-state index in [1.54, 1.807) is 12.1 Å².